The van der Waals surface area contributed by atoms with Crippen molar-refractivity contribution in [1.29, 1.82) is 0 Å². The van der Waals surface area contributed by atoms with Gasteiger partial charge in [0.15, 0.2) is 0 Å². The molecule has 2 heterocycles. The van der Waals surface area contributed by atoms with Gasteiger partial charge in [-0.25, -0.2) is 0 Å². The molecule has 1 aliphatic heterocycles. The van der Waals surface area contributed by atoms with E-state index >= 15 is 0 Å². The van der Waals surface area contributed by atoms with Crippen molar-refractivity contribution in [3.8, 4) is 5.75 Å². The summed E-state index contributed by atoms with van der Waals surface area (Å²) in [5.74, 6) is -0.511. The number of thiophene rings is 1. The standard InChI is InChI=1S/C26H26N2O4S/c1-15-5-4-8-20(29)23(15)26(31)28-24-18-7-3-2-6-17(18)13-19(24)27-22(30)14-21-25-16(9-11-32-21)10-12-33-25/h2-8,10,12,19,21,24,29H,9,11,13-14H2,1H3,(H,27,30)(H,28,31)/t19-,21?,24-/m1/s1. The molecule has 0 saturated carbocycles. The molecule has 3 atom stereocenters. The van der Waals surface area contributed by atoms with Gasteiger partial charge in [-0.3, -0.25) is 9.59 Å². The number of amides is 2. The van der Waals surface area contributed by atoms with Gasteiger partial charge in [-0.05, 0) is 59.5 Å². The summed E-state index contributed by atoms with van der Waals surface area (Å²) in [6.07, 6.45) is 1.53. The van der Waals surface area contributed by atoms with Crippen LogP contribution >= 0.6 is 11.3 Å². The lowest BCUT2D eigenvalue weighted by molar-refractivity contribution is -0.125. The summed E-state index contributed by atoms with van der Waals surface area (Å²) in [4.78, 5) is 27.3. The highest BCUT2D eigenvalue weighted by atomic mass is 32.1. The highest BCUT2D eigenvalue weighted by molar-refractivity contribution is 7.10. The topological polar surface area (TPSA) is 87.7 Å². The van der Waals surface area contributed by atoms with Gasteiger partial charge in [0.25, 0.3) is 5.91 Å². The van der Waals surface area contributed by atoms with Gasteiger partial charge in [-0.1, -0.05) is 36.4 Å². The first-order valence-electron chi connectivity index (χ1n) is 11.2. The van der Waals surface area contributed by atoms with E-state index in [1.807, 2.05) is 29.6 Å². The zero-order valence-electron chi connectivity index (χ0n) is 18.3. The zero-order valence-corrected chi connectivity index (χ0v) is 19.2. The normalized spacial score (nSPS) is 21.2. The first-order valence-corrected chi connectivity index (χ1v) is 12.0. The van der Waals surface area contributed by atoms with Crippen LogP contribution in [0.15, 0.2) is 53.9 Å². The molecule has 0 spiro atoms. The second kappa shape index (κ2) is 9.00. The van der Waals surface area contributed by atoms with E-state index in [1.165, 1.54) is 11.6 Å². The van der Waals surface area contributed by atoms with Crippen molar-refractivity contribution < 1.29 is 19.4 Å². The summed E-state index contributed by atoms with van der Waals surface area (Å²) in [6, 6.07) is 14.3. The molecule has 1 aliphatic carbocycles. The highest BCUT2D eigenvalue weighted by Crippen LogP contribution is 2.35. The van der Waals surface area contributed by atoms with Gasteiger partial charge in [-0.2, -0.15) is 0 Å². The van der Waals surface area contributed by atoms with Crippen LogP contribution < -0.4 is 10.6 Å². The summed E-state index contributed by atoms with van der Waals surface area (Å²) >= 11 is 1.63. The summed E-state index contributed by atoms with van der Waals surface area (Å²) < 4.78 is 5.89. The summed E-state index contributed by atoms with van der Waals surface area (Å²) in [7, 11) is 0. The van der Waals surface area contributed by atoms with Crippen LogP contribution in [0.3, 0.4) is 0 Å². The van der Waals surface area contributed by atoms with Crippen molar-refractivity contribution in [3.63, 3.8) is 0 Å². The maximum atomic E-state index is 13.1. The van der Waals surface area contributed by atoms with Crippen LogP contribution in [0.2, 0.25) is 0 Å². The van der Waals surface area contributed by atoms with Crippen molar-refractivity contribution in [2.24, 2.45) is 0 Å². The van der Waals surface area contributed by atoms with Gasteiger partial charge < -0.3 is 20.5 Å². The third-order valence-corrected chi connectivity index (χ3v) is 7.53. The van der Waals surface area contributed by atoms with Crippen LogP contribution in [-0.2, 0) is 22.4 Å². The predicted octanol–water partition coefficient (Wildman–Crippen LogP) is 3.98. The molecular weight excluding hydrogens is 436 g/mol. The van der Waals surface area contributed by atoms with Gasteiger partial charge in [0.2, 0.25) is 5.91 Å². The molecule has 33 heavy (non-hydrogen) atoms. The molecule has 5 rings (SSSR count). The summed E-state index contributed by atoms with van der Waals surface area (Å²) in [5.41, 5.74) is 4.30. The second-order valence-electron chi connectivity index (χ2n) is 8.62. The van der Waals surface area contributed by atoms with Crippen molar-refractivity contribution in [2.75, 3.05) is 6.61 Å². The number of phenolic OH excluding ortho intramolecular Hbond substituents is 1. The largest absolute Gasteiger partial charge is 0.507 e. The van der Waals surface area contributed by atoms with Crippen molar-refractivity contribution in [3.05, 3.63) is 86.6 Å². The number of fused-ring (bicyclic) bond motifs is 2. The van der Waals surface area contributed by atoms with Crippen molar-refractivity contribution in [1.82, 2.24) is 10.6 Å². The van der Waals surface area contributed by atoms with E-state index < -0.39 is 0 Å². The first kappa shape index (κ1) is 21.7. The molecule has 1 unspecified atom stereocenters. The third kappa shape index (κ3) is 4.26. The molecule has 3 aromatic rings. The number of benzene rings is 2. The van der Waals surface area contributed by atoms with E-state index in [4.69, 9.17) is 4.74 Å². The quantitative estimate of drug-likeness (QED) is 0.535. The third-order valence-electron chi connectivity index (χ3n) is 6.48. The minimum absolute atomic E-state index is 0.0550. The van der Waals surface area contributed by atoms with E-state index in [0.717, 1.165) is 22.4 Å². The van der Waals surface area contributed by atoms with Crippen molar-refractivity contribution in [2.45, 2.75) is 44.4 Å². The van der Waals surface area contributed by atoms with Gasteiger partial charge in [-0.15, -0.1) is 11.3 Å². The number of ether oxygens (including phenoxy) is 1. The fourth-order valence-electron chi connectivity index (χ4n) is 4.88. The molecule has 0 bridgehead atoms. The van der Waals surface area contributed by atoms with Gasteiger partial charge in [0.05, 0.1) is 30.7 Å². The number of rotatable bonds is 5. The summed E-state index contributed by atoms with van der Waals surface area (Å²) in [6.45, 7) is 2.41. The van der Waals surface area contributed by atoms with E-state index in [0.29, 0.717) is 18.6 Å². The number of hydrogen-bond donors (Lipinski definition) is 3. The van der Waals surface area contributed by atoms with E-state index in [9.17, 15) is 14.7 Å². The number of nitrogens with one attached hydrogen (secondary N) is 2. The SMILES string of the molecule is Cc1cccc(O)c1C(=O)N[C@@H]1c2ccccc2C[C@H]1NC(=O)CC1OCCc2ccsc21. The fraction of sp³-hybridized carbons (Fsp3) is 0.308. The zero-order chi connectivity index (χ0) is 22.9. The Morgan fingerprint density at radius 2 is 1.94 bits per heavy atom. The summed E-state index contributed by atoms with van der Waals surface area (Å²) in [5, 5.41) is 18.5. The Hall–Kier alpha value is -3.16. The maximum Gasteiger partial charge on any atom is 0.255 e. The van der Waals surface area contributed by atoms with Crippen LogP contribution in [0.4, 0.5) is 0 Å². The monoisotopic (exact) mass is 462 g/mol. The molecule has 1 aromatic heterocycles. The lowest BCUT2D eigenvalue weighted by Crippen LogP contribution is -2.45. The highest BCUT2D eigenvalue weighted by Gasteiger charge is 2.36. The van der Waals surface area contributed by atoms with Crippen LogP contribution in [-0.4, -0.2) is 29.6 Å². The number of aromatic hydroxyl groups is 1. The Bertz CT molecular complexity index is 1180. The molecule has 170 valence electrons. The van der Waals surface area contributed by atoms with Crippen molar-refractivity contribution >= 4 is 23.2 Å². The molecule has 2 aliphatic rings. The first-order chi connectivity index (χ1) is 16.0. The molecule has 0 saturated heterocycles. The molecular formula is C26H26N2O4S. The molecule has 7 heteroatoms. The Labute approximate surface area is 196 Å². The van der Waals surface area contributed by atoms with Crippen LogP contribution in [0.1, 0.15) is 56.1 Å². The fourth-order valence-corrected chi connectivity index (χ4v) is 5.88. The minimum Gasteiger partial charge on any atom is -0.507 e. The van der Waals surface area contributed by atoms with Gasteiger partial charge in [0, 0.05) is 4.88 Å². The van der Waals surface area contributed by atoms with Gasteiger partial charge >= 0.3 is 0 Å². The number of phenols is 1. The maximum absolute atomic E-state index is 13.1. The molecule has 3 N–H and O–H groups in total. The van der Waals surface area contributed by atoms with E-state index in [2.05, 4.69) is 16.7 Å². The smallest absolute Gasteiger partial charge is 0.255 e. The van der Waals surface area contributed by atoms with E-state index in [-0.39, 0.29) is 47.7 Å². The number of carbonyl (C=O) groups excluding carboxylic acids is 2. The second-order valence-corrected chi connectivity index (χ2v) is 9.57. The average Bonchev–Trinajstić information content (AvgIpc) is 3.39. The Morgan fingerprint density at radius 3 is 2.79 bits per heavy atom. The Kier molecular flexibility index (Phi) is 5.91. The Balaban J connectivity index is 1.34. The molecule has 2 aromatic carbocycles. The molecule has 0 radical (unpaired) electrons. The average molecular weight is 463 g/mol. The number of carbonyl (C=O) groups is 2. The molecule has 0 fully saturated rings. The van der Waals surface area contributed by atoms with Crippen LogP contribution in [0, 0.1) is 6.92 Å². The molecule has 6 nitrogen and oxygen atoms in total. The van der Waals surface area contributed by atoms with Crippen LogP contribution in [0.25, 0.3) is 0 Å². The van der Waals surface area contributed by atoms with Crippen LogP contribution in [0.5, 0.6) is 5.75 Å². The van der Waals surface area contributed by atoms with E-state index in [1.54, 1.807) is 30.4 Å². The lowest BCUT2D eigenvalue weighted by Gasteiger charge is -2.26. The predicted molar refractivity (Wildman–Crippen MR) is 126 cm³/mol. The number of aryl methyl sites for hydroxylation is 1. The minimum atomic E-state index is -0.388. The number of hydrogen-bond acceptors (Lipinski definition) is 5. The Morgan fingerprint density at radius 1 is 1.09 bits per heavy atom. The lowest BCUT2D eigenvalue weighted by atomic mass is 10.0. The molecule has 2 amide bonds. The van der Waals surface area contributed by atoms with Gasteiger partial charge in [0.1, 0.15) is 11.9 Å².